The number of ether oxygens (including phenoxy) is 1. The van der Waals surface area contributed by atoms with Crippen molar-refractivity contribution in [2.75, 3.05) is 5.32 Å². The number of anilines is 1. The van der Waals surface area contributed by atoms with E-state index in [0.29, 0.717) is 23.2 Å². The molecule has 4 N–H and O–H groups in total. The average Bonchev–Trinajstić information content (AvgIpc) is 2.99. The predicted octanol–water partition coefficient (Wildman–Crippen LogP) is 7.08. The average molecular weight is 626 g/mol. The summed E-state index contributed by atoms with van der Waals surface area (Å²) in [6.45, 7) is 10.8. The first-order chi connectivity index (χ1) is 21.7. The van der Waals surface area contributed by atoms with E-state index in [1.807, 2.05) is 63.2 Å². The number of phenolic OH excluding ortho intramolecular Hbond substituents is 2. The molecule has 0 aliphatic carbocycles. The van der Waals surface area contributed by atoms with E-state index < -0.39 is 41.1 Å². The quantitative estimate of drug-likeness (QED) is 0.149. The molecular formula is C37H43N3O6. The molecule has 9 heteroatoms. The Balaban J connectivity index is 1.80. The smallest absolute Gasteiger partial charge is 0.408 e. The van der Waals surface area contributed by atoms with E-state index in [1.165, 1.54) is 29.2 Å². The van der Waals surface area contributed by atoms with Crippen molar-refractivity contribution in [1.29, 1.82) is 0 Å². The molecule has 0 aliphatic heterocycles. The Morgan fingerprint density at radius 2 is 1.39 bits per heavy atom. The highest BCUT2D eigenvalue weighted by atomic mass is 16.6. The van der Waals surface area contributed by atoms with Gasteiger partial charge in [-0.2, -0.15) is 0 Å². The number of phenols is 2. The lowest BCUT2D eigenvalue weighted by Crippen LogP contribution is -2.59. The zero-order valence-electron chi connectivity index (χ0n) is 27.2. The van der Waals surface area contributed by atoms with E-state index in [4.69, 9.17) is 4.74 Å². The van der Waals surface area contributed by atoms with Gasteiger partial charge in [0, 0.05) is 17.6 Å². The lowest BCUT2D eigenvalue weighted by molar-refractivity contribution is -0.147. The molecule has 4 aromatic carbocycles. The fraction of sp³-hybridized carbons (Fsp3) is 0.324. The van der Waals surface area contributed by atoms with Crippen molar-refractivity contribution in [2.45, 2.75) is 77.6 Å². The summed E-state index contributed by atoms with van der Waals surface area (Å²) in [5, 5.41) is 27.6. The number of nitrogens with zero attached hydrogens (tertiary/aromatic N) is 1. The second kappa shape index (κ2) is 13.9. The Hall–Kier alpha value is -5.05. The molecular weight excluding hydrogens is 582 g/mol. The lowest BCUT2D eigenvalue weighted by atomic mass is 9.91. The topological polar surface area (TPSA) is 128 Å². The largest absolute Gasteiger partial charge is 0.508 e. The highest BCUT2D eigenvalue weighted by Gasteiger charge is 2.43. The van der Waals surface area contributed by atoms with E-state index in [0.717, 1.165) is 10.8 Å². The van der Waals surface area contributed by atoms with Crippen molar-refractivity contribution in [1.82, 2.24) is 10.2 Å². The molecule has 9 nitrogen and oxygen atoms in total. The summed E-state index contributed by atoms with van der Waals surface area (Å²) >= 11 is 0. The zero-order chi connectivity index (χ0) is 33.6. The SMILES string of the molecule is CCC(C)(C)N(C(=O)C(Cc1ccc(O)cc1)NC(=O)OC(C)(C)C)C(C(=O)Nc1ccc2ccccc2c1)c1ccc(O)cc1. The minimum absolute atomic E-state index is 0.0156. The fourth-order valence-electron chi connectivity index (χ4n) is 5.18. The van der Waals surface area contributed by atoms with Gasteiger partial charge in [0.05, 0.1) is 0 Å². The second-order valence-corrected chi connectivity index (χ2v) is 13.0. The normalized spacial score (nSPS) is 13.0. The first-order valence-corrected chi connectivity index (χ1v) is 15.4. The van der Waals surface area contributed by atoms with Crippen LogP contribution < -0.4 is 10.6 Å². The van der Waals surface area contributed by atoms with Crippen LogP contribution in [0.4, 0.5) is 10.5 Å². The van der Waals surface area contributed by atoms with E-state index in [-0.39, 0.29) is 17.9 Å². The van der Waals surface area contributed by atoms with Gasteiger partial charge in [0.1, 0.15) is 29.2 Å². The van der Waals surface area contributed by atoms with Crippen LogP contribution in [0, 0.1) is 0 Å². The summed E-state index contributed by atoms with van der Waals surface area (Å²) in [5.41, 5.74) is 0.0346. The van der Waals surface area contributed by atoms with Gasteiger partial charge in [-0.15, -0.1) is 0 Å². The van der Waals surface area contributed by atoms with E-state index in [2.05, 4.69) is 10.6 Å². The van der Waals surface area contributed by atoms with Gasteiger partial charge in [0.15, 0.2) is 0 Å². The fourth-order valence-corrected chi connectivity index (χ4v) is 5.18. The van der Waals surface area contributed by atoms with Crippen molar-refractivity contribution >= 4 is 34.4 Å². The van der Waals surface area contributed by atoms with Crippen LogP contribution in [0.5, 0.6) is 11.5 Å². The lowest BCUT2D eigenvalue weighted by Gasteiger charge is -2.44. The van der Waals surface area contributed by atoms with Crippen LogP contribution in [-0.2, 0) is 20.7 Å². The number of fused-ring (bicyclic) bond motifs is 1. The van der Waals surface area contributed by atoms with Crippen molar-refractivity contribution in [3.8, 4) is 11.5 Å². The van der Waals surface area contributed by atoms with Crippen molar-refractivity contribution < 1.29 is 29.3 Å². The molecule has 0 aromatic heterocycles. The van der Waals surface area contributed by atoms with E-state index in [1.54, 1.807) is 45.0 Å². The number of carbonyl (C=O) groups is 3. The molecule has 0 saturated carbocycles. The predicted molar refractivity (Wildman–Crippen MR) is 180 cm³/mol. The zero-order valence-corrected chi connectivity index (χ0v) is 27.2. The van der Waals surface area contributed by atoms with Crippen LogP contribution in [0.3, 0.4) is 0 Å². The van der Waals surface area contributed by atoms with Crippen LogP contribution in [-0.4, -0.2) is 50.2 Å². The molecule has 2 unspecified atom stereocenters. The van der Waals surface area contributed by atoms with Gasteiger partial charge in [-0.3, -0.25) is 9.59 Å². The first kappa shape index (κ1) is 33.8. The molecule has 0 fully saturated rings. The Labute approximate surface area is 270 Å². The molecule has 3 amide bonds. The minimum atomic E-state index is -1.14. The van der Waals surface area contributed by atoms with Crippen LogP contribution in [0.1, 0.15) is 65.1 Å². The third-order valence-corrected chi connectivity index (χ3v) is 7.85. The number of nitrogens with one attached hydrogen (secondary N) is 2. The van der Waals surface area contributed by atoms with Gasteiger partial charge < -0.3 is 30.5 Å². The van der Waals surface area contributed by atoms with E-state index in [9.17, 15) is 24.6 Å². The number of aromatic hydroxyl groups is 2. The van der Waals surface area contributed by atoms with Gasteiger partial charge in [-0.1, -0.05) is 61.5 Å². The molecule has 46 heavy (non-hydrogen) atoms. The van der Waals surface area contributed by atoms with E-state index >= 15 is 0 Å². The first-order valence-electron chi connectivity index (χ1n) is 15.4. The number of hydrogen-bond acceptors (Lipinski definition) is 6. The minimum Gasteiger partial charge on any atom is -0.508 e. The van der Waals surface area contributed by atoms with Gasteiger partial charge in [0.2, 0.25) is 5.91 Å². The summed E-state index contributed by atoms with van der Waals surface area (Å²) in [7, 11) is 0. The monoisotopic (exact) mass is 625 g/mol. The van der Waals surface area contributed by atoms with Crippen molar-refractivity contribution in [2.24, 2.45) is 0 Å². The molecule has 0 saturated heterocycles. The maximum absolute atomic E-state index is 14.8. The molecule has 242 valence electrons. The second-order valence-electron chi connectivity index (χ2n) is 13.0. The van der Waals surface area contributed by atoms with Crippen LogP contribution in [0.15, 0.2) is 91.0 Å². The number of carbonyl (C=O) groups excluding carboxylic acids is 3. The maximum atomic E-state index is 14.8. The van der Waals surface area contributed by atoms with Gasteiger partial charge in [-0.25, -0.2) is 4.79 Å². The van der Waals surface area contributed by atoms with Crippen LogP contribution in [0.2, 0.25) is 0 Å². The van der Waals surface area contributed by atoms with Crippen molar-refractivity contribution in [3.05, 3.63) is 102 Å². The summed E-state index contributed by atoms with van der Waals surface area (Å²) in [6, 6.07) is 23.7. The molecule has 0 bridgehead atoms. The van der Waals surface area contributed by atoms with Crippen LogP contribution >= 0.6 is 0 Å². The van der Waals surface area contributed by atoms with Gasteiger partial charge in [-0.05, 0) is 99.3 Å². The maximum Gasteiger partial charge on any atom is 0.408 e. The Kier molecular flexibility index (Phi) is 10.2. The molecule has 0 spiro atoms. The number of rotatable bonds is 10. The number of benzene rings is 4. The molecule has 4 rings (SSSR count). The Bertz CT molecular complexity index is 1680. The number of hydrogen-bond donors (Lipinski definition) is 4. The molecule has 4 aromatic rings. The summed E-state index contributed by atoms with van der Waals surface area (Å²) in [6.07, 6.45) is -0.223. The molecule has 0 aliphatic rings. The number of amides is 3. The van der Waals surface area contributed by atoms with Crippen molar-refractivity contribution in [3.63, 3.8) is 0 Å². The standard InChI is InChI=1S/C37H43N3O6/c1-7-37(5,6)40(34(44)31(39-35(45)46-36(2,3)4)22-24-12-18-29(41)19-13-24)32(26-15-20-30(42)21-16-26)33(43)38-28-17-14-25-10-8-9-11-27(25)23-28/h8-21,23,31-32,41-42H,7,22H2,1-6H3,(H,38,43)(H,39,45). The molecule has 0 radical (unpaired) electrons. The van der Waals surface area contributed by atoms with Crippen LogP contribution in [0.25, 0.3) is 10.8 Å². The summed E-state index contributed by atoms with van der Waals surface area (Å²) in [5.74, 6) is -0.880. The summed E-state index contributed by atoms with van der Waals surface area (Å²) in [4.78, 5) is 43.8. The molecule has 0 heterocycles. The van der Waals surface area contributed by atoms with Gasteiger partial charge >= 0.3 is 6.09 Å². The third kappa shape index (κ3) is 8.56. The number of alkyl carbamates (subject to hydrolysis) is 1. The Morgan fingerprint density at radius 1 is 0.804 bits per heavy atom. The van der Waals surface area contributed by atoms with Gasteiger partial charge in [0.25, 0.3) is 5.91 Å². The Morgan fingerprint density at radius 3 is 1.98 bits per heavy atom. The molecule has 2 atom stereocenters. The highest BCUT2D eigenvalue weighted by molar-refractivity contribution is 6.00. The third-order valence-electron chi connectivity index (χ3n) is 7.85. The summed E-state index contributed by atoms with van der Waals surface area (Å²) < 4.78 is 5.52. The highest BCUT2D eigenvalue weighted by Crippen LogP contribution is 2.34.